The Bertz CT molecular complexity index is 764. The number of hydrogen-bond acceptors (Lipinski definition) is 2. The monoisotopic (exact) mass is 441 g/mol. The summed E-state index contributed by atoms with van der Waals surface area (Å²) < 4.78 is 0.876. The predicted octanol–water partition coefficient (Wildman–Crippen LogP) is 5.11. The summed E-state index contributed by atoms with van der Waals surface area (Å²) in [7, 11) is 0. The molecule has 2 aromatic rings. The Morgan fingerprint density at radius 2 is 1.76 bits per heavy atom. The molecule has 132 valence electrons. The zero-order valence-corrected chi connectivity index (χ0v) is 16.6. The van der Waals surface area contributed by atoms with E-state index in [-0.39, 0.29) is 6.03 Å². The van der Waals surface area contributed by atoms with E-state index in [9.17, 15) is 4.79 Å². The number of piperazine rings is 1. The number of rotatable bonds is 3. The van der Waals surface area contributed by atoms with Crippen molar-refractivity contribution in [3.05, 3.63) is 62.5 Å². The zero-order valence-electron chi connectivity index (χ0n) is 13.5. The zero-order chi connectivity index (χ0) is 17.8. The Morgan fingerprint density at radius 3 is 2.44 bits per heavy atom. The topological polar surface area (TPSA) is 35.6 Å². The lowest BCUT2D eigenvalue weighted by atomic mass is 10.2. The Labute approximate surface area is 165 Å². The molecule has 1 saturated heterocycles. The summed E-state index contributed by atoms with van der Waals surface area (Å²) in [6, 6.07) is 13.2. The molecule has 0 saturated carbocycles. The van der Waals surface area contributed by atoms with Gasteiger partial charge in [0.25, 0.3) is 0 Å². The Kier molecular flexibility index (Phi) is 6.23. The average molecular weight is 443 g/mol. The van der Waals surface area contributed by atoms with Crippen LogP contribution in [0.15, 0.2) is 46.9 Å². The van der Waals surface area contributed by atoms with Crippen molar-refractivity contribution in [2.75, 3.05) is 31.5 Å². The molecule has 7 heteroatoms. The largest absolute Gasteiger partial charge is 0.322 e. The first-order valence-electron chi connectivity index (χ1n) is 7.99. The summed E-state index contributed by atoms with van der Waals surface area (Å²) >= 11 is 15.5. The Hall–Kier alpha value is -1.27. The standard InChI is InChI=1S/C18H18BrCl2N3O/c19-14-3-1-2-4-17(14)22-18(25)24-9-7-23(8-10-24)12-13-5-6-15(20)16(21)11-13/h1-6,11H,7-10,12H2,(H,22,25). The lowest BCUT2D eigenvalue weighted by Gasteiger charge is -2.34. The molecule has 2 amide bonds. The van der Waals surface area contributed by atoms with E-state index in [1.165, 1.54) is 0 Å². The highest BCUT2D eigenvalue weighted by Crippen LogP contribution is 2.24. The number of nitrogens with one attached hydrogen (secondary N) is 1. The maximum Gasteiger partial charge on any atom is 0.321 e. The molecule has 1 N–H and O–H groups in total. The van der Waals surface area contributed by atoms with Crippen LogP contribution in [0.2, 0.25) is 10.0 Å². The van der Waals surface area contributed by atoms with Gasteiger partial charge < -0.3 is 10.2 Å². The van der Waals surface area contributed by atoms with Crippen molar-refractivity contribution in [2.45, 2.75) is 6.54 Å². The second kappa shape index (κ2) is 8.41. The maximum absolute atomic E-state index is 12.4. The third-order valence-corrected chi connectivity index (χ3v) is 5.60. The summed E-state index contributed by atoms with van der Waals surface area (Å²) in [5.74, 6) is 0. The van der Waals surface area contributed by atoms with Crippen molar-refractivity contribution in [2.24, 2.45) is 0 Å². The van der Waals surface area contributed by atoms with Crippen LogP contribution >= 0.6 is 39.1 Å². The highest BCUT2D eigenvalue weighted by atomic mass is 79.9. The first kappa shape index (κ1) is 18.5. The number of nitrogens with zero attached hydrogens (tertiary/aromatic N) is 2. The van der Waals surface area contributed by atoms with E-state index in [4.69, 9.17) is 23.2 Å². The third kappa shape index (κ3) is 4.88. The van der Waals surface area contributed by atoms with E-state index in [0.29, 0.717) is 23.1 Å². The van der Waals surface area contributed by atoms with E-state index in [2.05, 4.69) is 26.1 Å². The molecule has 0 radical (unpaired) electrons. The molecule has 1 heterocycles. The van der Waals surface area contributed by atoms with Gasteiger partial charge >= 0.3 is 6.03 Å². The summed E-state index contributed by atoms with van der Waals surface area (Å²) in [5.41, 5.74) is 1.91. The normalized spacial score (nSPS) is 15.2. The van der Waals surface area contributed by atoms with Gasteiger partial charge in [0.05, 0.1) is 15.7 Å². The molecule has 0 spiro atoms. The van der Waals surface area contributed by atoms with Gasteiger partial charge in [0.15, 0.2) is 0 Å². The van der Waals surface area contributed by atoms with Crippen molar-refractivity contribution in [3.8, 4) is 0 Å². The average Bonchev–Trinajstić information content (AvgIpc) is 2.61. The third-order valence-electron chi connectivity index (χ3n) is 4.17. The minimum absolute atomic E-state index is 0.0684. The van der Waals surface area contributed by atoms with E-state index in [1.807, 2.05) is 47.4 Å². The second-order valence-electron chi connectivity index (χ2n) is 5.92. The Balaban J connectivity index is 1.52. The van der Waals surface area contributed by atoms with Crippen LogP contribution in [0.3, 0.4) is 0 Å². The molecule has 1 aliphatic rings. The smallest absolute Gasteiger partial charge is 0.321 e. The molecule has 1 aliphatic heterocycles. The van der Waals surface area contributed by atoms with Gasteiger partial charge in [-0.05, 0) is 45.8 Å². The fourth-order valence-electron chi connectivity index (χ4n) is 2.76. The molecule has 0 aliphatic carbocycles. The van der Waals surface area contributed by atoms with Gasteiger partial charge in [0.1, 0.15) is 0 Å². The summed E-state index contributed by atoms with van der Waals surface area (Å²) in [5, 5.41) is 4.09. The first-order chi connectivity index (χ1) is 12.0. The first-order valence-corrected chi connectivity index (χ1v) is 9.54. The lowest BCUT2D eigenvalue weighted by molar-refractivity contribution is 0.143. The van der Waals surface area contributed by atoms with E-state index < -0.39 is 0 Å². The summed E-state index contributed by atoms with van der Waals surface area (Å²) in [6.45, 7) is 3.83. The predicted molar refractivity (Wildman–Crippen MR) is 106 cm³/mol. The molecule has 0 aromatic heterocycles. The van der Waals surface area contributed by atoms with Crippen LogP contribution in [0, 0.1) is 0 Å². The number of urea groups is 1. The van der Waals surface area contributed by atoms with Crippen molar-refractivity contribution >= 4 is 50.9 Å². The van der Waals surface area contributed by atoms with Gasteiger partial charge in [-0.25, -0.2) is 4.79 Å². The van der Waals surface area contributed by atoms with Crippen LogP contribution in [0.5, 0.6) is 0 Å². The molecular formula is C18H18BrCl2N3O. The van der Waals surface area contributed by atoms with Crippen LogP contribution < -0.4 is 5.32 Å². The quantitative estimate of drug-likeness (QED) is 0.717. The molecule has 0 unspecified atom stereocenters. The van der Waals surface area contributed by atoms with Crippen molar-refractivity contribution in [3.63, 3.8) is 0 Å². The highest BCUT2D eigenvalue weighted by Gasteiger charge is 2.21. The molecule has 0 bridgehead atoms. The van der Waals surface area contributed by atoms with Gasteiger partial charge in [-0.15, -0.1) is 0 Å². The molecule has 0 atom stereocenters. The molecule has 25 heavy (non-hydrogen) atoms. The summed E-state index contributed by atoms with van der Waals surface area (Å²) in [4.78, 5) is 16.6. The van der Waals surface area contributed by atoms with Gasteiger partial charge in [-0.1, -0.05) is 41.4 Å². The highest BCUT2D eigenvalue weighted by molar-refractivity contribution is 9.10. The molecule has 1 fully saturated rings. The number of anilines is 1. The number of amides is 2. The van der Waals surface area contributed by atoms with Gasteiger partial charge in [-0.2, -0.15) is 0 Å². The van der Waals surface area contributed by atoms with Crippen LogP contribution in [0.1, 0.15) is 5.56 Å². The molecule has 3 rings (SSSR count). The number of halogens is 3. The van der Waals surface area contributed by atoms with Crippen LogP contribution in [0.25, 0.3) is 0 Å². The maximum atomic E-state index is 12.4. The molecule has 4 nitrogen and oxygen atoms in total. The minimum atomic E-state index is -0.0684. The van der Waals surface area contributed by atoms with E-state index in [1.54, 1.807) is 0 Å². The Morgan fingerprint density at radius 1 is 1.04 bits per heavy atom. The number of para-hydroxylation sites is 1. The second-order valence-corrected chi connectivity index (χ2v) is 7.59. The fraction of sp³-hybridized carbons (Fsp3) is 0.278. The van der Waals surface area contributed by atoms with Crippen LogP contribution in [-0.4, -0.2) is 42.0 Å². The number of hydrogen-bond donors (Lipinski definition) is 1. The van der Waals surface area contributed by atoms with Gasteiger partial charge in [0.2, 0.25) is 0 Å². The van der Waals surface area contributed by atoms with Crippen molar-refractivity contribution in [1.82, 2.24) is 9.80 Å². The summed E-state index contributed by atoms with van der Waals surface area (Å²) in [6.07, 6.45) is 0. The molecular weight excluding hydrogens is 425 g/mol. The fourth-order valence-corrected chi connectivity index (χ4v) is 3.47. The number of benzene rings is 2. The lowest BCUT2D eigenvalue weighted by Crippen LogP contribution is -2.49. The van der Waals surface area contributed by atoms with Crippen molar-refractivity contribution < 1.29 is 4.79 Å². The van der Waals surface area contributed by atoms with Crippen molar-refractivity contribution in [1.29, 1.82) is 0 Å². The van der Waals surface area contributed by atoms with Gasteiger partial charge in [-0.3, -0.25) is 4.90 Å². The van der Waals surface area contributed by atoms with E-state index >= 15 is 0 Å². The molecule has 2 aromatic carbocycles. The minimum Gasteiger partial charge on any atom is -0.322 e. The SMILES string of the molecule is O=C(Nc1ccccc1Br)N1CCN(Cc2ccc(Cl)c(Cl)c2)CC1. The van der Waals surface area contributed by atoms with Crippen LogP contribution in [0.4, 0.5) is 10.5 Å². The van der Waals surface area contributed by atoms with E-state index in [0.717, 1.165) is 35.4 Å². The number of carbonyl (C=O) groups excluding carboxylic acids is 1. The number of carbonyl (C=O) groups is 1. The van der Waals surface area contributed by atoms with Crippen LogP contribution in [-0.2, 0) is 6.54 Å². The van der Waals surface area contributed by atoms with Gasteiger partial charge in [0, 0.05) is 37.2 Å².